The molecule has 0 aliphatic heterocycles. The zero-order valence-corrected chi connectivity index (χ0v) is 21.9. The van der Waals surface area contributed by atoms with Crippen molar-refractivity contribution in [2.45, 2.75) is 57.0 Å². The van der Waals surface area contributed by atoms with Gasteiger partial charge in [0, 0.05) is 35.9 Å². The van der Waals surface area contributed by atoms with Gasteiger partial charge in [-0.05, 0) is 56.5 Å². The molecule has 0 radical (unpaired) electrons. The summed E-state index contributed by atoms with van der Waals surface area (Å²) in [4.78, 5) is 32.9. The lowest BCUT2D eigenvalue weighted by Crippen LogP contribution is -2.38. The summed E-state index contributed by atoms with van der Waals surface area (Å²) in [6.07, 6.45) is -6.27. The molecule has 1 aliphatic carbocycles. The number of Topliss-reactive ketones (excluding diaryl/α,β-unsaturated/α-hetero) is 1. The maximum Gasteiger partial charge on any atom is 0.416 e. The van der Waals surface area contributed by atoms with Crippen LogP contribution in [0.4, 0.5) is 32.0 Å². The van der Waals surface area contributed by atoms with Crippen LogP contribution in [0.2, 0.25) is 0 Å². The minimum absolute atomic E-state index is 0.0720. The van der Waals surface area contributed by atoms with Crippen molar-refractivity contribution in [3.05, 3.63) is 71.0 Å². The Bertz CT molecular complexity index is 1450. The predicted molar refractivity (Wildman–Crippen MR) is 135 cm³/mol. The predicted octanol–water partition coefficient (Wildman–Crippen LogP) is 6.52. The molecule has 2 aromatic carbocycles. The highest BCUT2D eigenvalue weighted by molar-refractivity contribution is 5.85. The highest BCUT2D eigenvalue weighted by Gasteiger charge is 2.34. The number of aliphatic carboxylic acids is 1. The molecule has 13 heteroatoms. The molecule has 0 spiro atoms. The number of halogens is 6. The van der Waals surface area contributed by atoms with Crippen LogP contribution in [0.5, 0.6) is 5.75 Å². The van der Waals surface area contributed by atoms with Crippen LogP contribution in [-0.2, 0) is 28.4 Å². The molecule has 0 atom stereocenters. The Morgan fingerprint density at radius 1 is 0.976 bits per heavy atom. The molecular weight excluding hydrogens is 556 g/mol. The van der Waals surface area contributed by atoms with E-state index in [0.717, 1.165) is 31.0 Å². The van der Waals surface area contributed by atoms with Crippen molar-refractivity contribution in [1.82, 2.24) is 9.97 Å². The molecule has 3 aromatic rings. The van der Waals surface area contributed by atoms with E-state index in [-0.39, 0.29) is 41.9 Å². The molecule has 1 heterocycles. The molecule has 41 heavy (non-hydrogen) atoms. The van der Waals surface area contributed by atoms with Crippen LogP contribution in [0.1, 0.15) is 55.0 Å². The zero-order valence-electron chi connectivity index (χ0n) is 21.9. The molecular formula is C28H25F6N3O4. The molecule has 0 amide bonds. The minimum Gasteiger partial charge on any atom is -0.478 e. The minimum atomic E-state index is -4.75. The average molecular weight is 582 g/mol. The molecule has 0 bridgehead atoms. The van der Waals surface area contributed by atoms with E-state index in [2.05, 4.69) is 15.3 Å². The highest BCUT2D eigenvalue weighted by atomic mass is 19.4. The quantitative estimate of drug-likeness (QED) is 0.263. The third kappa shape index (κ3) is 7.53. The highest BCUT2D eigenvalue weighted by Crippen LogP contribution is 2.41. The van der Waals surface area contributed by atoms with Gasteiger partial charge in [0.25, 0.3) is 0 Å². The van der Waals surface area contributed by atoms with E-state index in [9.17, 15) is 41.0 Å². The van der Waals surface area contributed by atoms with Crippen LogP contribution in [0, 0.1) is 0 Å². The van der Waals surface area contributed by atoms with Gasteiger partial charge < -0.3 is 15.2 Å². The molecule has 1 fully saturated rings. The van der Waals surface area contributed by atoms with Gasteiger partial charge in [0.2, 0.25) is 0 Å². The van der Waals surface area contributed by atoms with Crippen LogP contribution in [-0.4, -0.2) is 39.0 Å². The number of carboxylic acid groups (broad SMARTS) is 1. The standard InChI is InChI=1S/C28H25F6N3O4/c1-26(2,25(39)40)41-22-11-19(28(32,33)34)10-20(12-22)35-14-21(38)9-17-13-36-24(37-23(17)15-3-4-15)16-5-7-18(8-6-16)27(29,30)31/h5-8,10-13,15,35H,3-4,9,14H2,1-2H3,(H,39,40). The number of nitrogens with one attached hydrogen (secondary N) is 1. The smallest absolute Gasteiger partial charge is 0.416 e. The first kappa shape index (κ1) is 29.8. The summed E-state index contributed by atoms with van der Waals surface area (Å²) in [5.74, 6) is -1.81. The lowest BCUT2D eigenvalue weighted by atomic mass is 10.0. The monoisotopic (exact) mass is 581 g/mol. The number of anilines is 1. The van der Waals surface area contributed by atoms with Crippen LogP contribution in [0.3, 0.4) is 0 Å². The van der Waals surface area contributed by atoms with E-state index >= 15 is 0 Å². The second-order valence-corrected chi connectivity index (χ2v) is 10.2. The number of benzene rings is 2. The van der Waals surface area contributed by atoms with Gasteiger partial charge in [0.05, 0.1) is 23.4 Å². The van der Waals surface area contributed by atoms with E-state index in [1.165, 1.54) is 38.2 Å². The number of ketones is 1. The van der Waals surface area contributed by atoms with Gasteiger partial charge in [-0.1, -0.05) is 12.1 Å². The summed E-state index contributed by atoms with van der Waals surface area (Å²) in [6.45, 7) is 2.02. The lowest BCUT2D eigenvalue weighted by Gasteiger charge is -2.23. The maximum atomic E-state index is 13.4. The first-order valence-corrected chi connectivity index (χ1v) is 12.5. The Kier molecular flexibility index (Phi) is 8.01. The first-order chi connectivity index (χ1) is 19.0. The molecule has 0 unspecified atom stereocenters. The summed E-state index contributed by atoms with van der Waals surface area (Å²) in [5, 5.41) is 11.9. The number of carbonyl (C=O) groups excluding carboxylic acids is 1. The molecule has 218 valence electrons. The number of alkyl halides is 6. The summed E-state index contributed by atoms with van der Waals surface area (Å²) in [6, 6.07) is 7.05. The Balaban J connectivity index is 1.49. The van der Waals surface area contributed by atoms with Crippen LogP contribution in [0.15, 0.2) is 48.7 Å². The SMILES string of the molecule is CC(C)(Oc1cc(NCC(=O)Cc2cnc(-c3ccc(C(F)(F)F)cc3)nc2C2CC2)cc(C(F)(F)F)c1)C(=O)O. The topological polar surface area (TPSA) is 101 Å². The van der Waals surface area contributed by atoms with Crippen LogP contribution < -0.4 is 10.1 Å². The second kappa shape index (κ2) is 11.0. The third-order valence-electron chi connectivity index (χ3n) is 6.33. The fourth-order valence-electron chi connectivity index (χ4n) is 3.95. The van der Waals surface area contributed by atoms with Crippen molar-refractivity contribution >= 4 is 17.4 Å². The molecule has 0 saturated heterocycles. The Morgan fingerprint density at radius 2 is 1.61 bits per heavy atom. The summed E-state index contributed by atoms with van der Waals surface area (Å²) in [5.41, 5.74) is -2.28. The zero-order chi connectivity index (χ0) is 30.2. The van der Waals surface area contributed by atoms with E-state index in [4.69, 9.17) is 4.74 Å². The first-order valence-electron chi connectivity index (χ1n) is 12.5. The Labute approximate surface area is 230 Å². The van der Waals surface area contributed by atoms with Crippen LogP contribution >= 0.6 is 0 Å². The number of carboxylic acids is 1. The Hall–Kier alpha value is -4.16. The number of carbonyl (C=O) groups is 2. The van der Waals surface area contributed by atoms with Crippen LogP contribution in [0.25, 0.3) is 11.4 Å². The number of ether oxygens (including phenoxy) is 1. The van der Waals surface area contributed by atoms with E-state index in [1.807, 2.05) is 0 Å². The largest absolute Gasteiger partial charge is 0.478 e. The fraction of sp³-hybridized carbons (Fsp3) is 0.357. The maximum absolute atomic E-state index is 13.4. The second-order valence-electron chi connectivity index (χ2n) is 10.2. The lowest BCUT2D eigenvalue weighted by molar-refractivity contribution is -0.152. The van der Waals surface area contributed by atoms with Gasteiger partial charge in [-0.2, -0.15) is 26.3 Å². The molecule has 1 aliphatic rings. The number of aromatic nitrogens is 2. The summed E-state index contributed by atoms with van der Waals surface area (Å²) < 4.78 is 84.3. The molecule has 2 N–H and O–H groups in total. The molecule has 1 aromatic heterocycles. The summed E-state index contributed by atoms with van der Waals surface area (Å²) in [7, 11) is 0. The van der Waals surface area contributed by atoms with E-state index in [1.54, 1.807) is 0 Å². The third-order valence-corrected chi connectivity index (χ3v) is 6.33. The normalized spacial score (nSPS) is 14.0. The van der Waals surface area contributed by atoms with Crippen molar-refractivity contribution in [2.24, 2.45) is 0 Å². The summed E-state index contributed by atoms with van der Waals surface area (Å²) >= 11 is 0. The van der Waals surface area contributed by atoms with Gasteiger partial charge in [0.1, 0.15) is 5.75 Å². The van der Waals surface area contributed by atoms with E-state index < -0.39 is 35.0 Å². The van der Waals surface area contributed by atoms with Gasteiger partial charge in [-0.3, -0.25) is 4.79 Å². The molecule has 7 nitrogen and oxygen atoms in total. The van der Waals surface area contributed by atoms with Crippen molar-refractivity contribution in [2.75, 3.05) is 11.9 Å². The van der Waals surface area contributed by atoms with Crippen molar-refractivity contribution in [1.29, 1.82) is 0 Å². The van der Waals surface area contributed by atoms with Crippen molar-refractivity contribution in [3.63, 3.8) is 0 Å². The van der Waals surface area contributed by atoms with Gasteiger partial charge >= 0.3 is 18.3 Å². The number of hydrogen-bond acceptors (Lipinski definition) is 6. The van der Waals surface area contributed by atoms with Gasteiger partial charge in [-0.15, -0.1) is 0 Å². The number of hydrogen-bond donors (Lipinski definition) is 2. The van der Waals surface area contributed by atoms with Crippen molar-refractivity contribution in [3.8, 4) is 17.1 Å². The van der Waals surface area contributed by atoms with E-state index in [0.29, 0.717) is 22.9 Å². The number of nitrogens with zero attached hydrogens (tertiary/aromatic N) is 2. The Morgan fingerprint density at radius 3 is 2.17 bits per heavy atom. The van der Waals surface area contributed by atoms with Crippen molar-refractivity contribution < 1.29 is 45.8 Å². The average Bonchev–Trinajstić information content (AvgIpc) is 3.72. The molecule has 1 saturated carbocycles. The van der Waals surface area contributed by atoms with Gasteiger partial charge in [0.15, 0.2) is 17.2 Å². The fourth-order valence-corrected chi connectivity index (χ4v) is 3.95. The molecule has 4 rings (SSSR count). The number of rotatable bonds is 10. The van der Waals surface area contributed by atoms with Gasteiger partial charge in [-0.25, -0.2) is 14.8 Å².